The maximum Gasteiger partial charge on any atom is 0.242 e. The lowest BCUT2D eigenvalue weighted by atomic mass is 10.1. The lowest BCUT2D eigenvalue weighted by Gasteiger charge is -2.19. The van der Waals surface area contributed by atoms with Crippen molar-refractivity contribution >= 4 is 44.8 Å². The fourth-order valence-corrected chi connectivity index (χ4v) is 4.84. The third-order valence-corrected chi connectivity index (χ3v) is 6.63. The summed E-state index contributed by atoms with van der Waals surface area (Å²) in [7, 11) is -4.10. The first-order chi connectivity index (χ1) is 16.7. The molecule has 0 aliphatic carbocycles. The molecule has 3 rings (SSSR count). The molecule has 0 spiro atoms. The van der Waals surface area contributed by atoms with Crippen LogP contribution in [0, 0.1) is 0 Å². The summed E-state index contributed by atoms with van der Waals surface area (Å²) in [6, 6.07) is 18.6. The van der Waals surface area contributed by atoms with Gasteiger partial charge in [0.2, 0.25) is 21.8 Å². The SMILES string of the molecule is CCOc1ccc(S(=O)(=O)NC(Cc2ccccc2)C(=O)Nc2cccc(NC(C)=O)c2)cc1Cl. The Hall–Kier alpha value is -3.40. The largest absolute Gasteiger partial charge is 0.492 e. The van der Waals surface area contributed by atoms with Crippen LogP contribution in [0.25, 0.3) is 0 Å². The highest BCUT2D eigenvalue weighted by atomic mass is 35.5. The van der Waals surface area contributed by atoms with Crippen LogP contribution in [0.3, 0.4) is 0 Å². The number of halogens is 1. The predicted octanol–water partition coefficient (Wildman–Crippen LogP) is 4.23. The Morgan fingerprint density at radius 2 is 1.63 bits per heavy atom. The van der Waals surface area contributed by atoms with E-state index in [2.05, 4.69) is 15.4 Å². The van der Waals surface area contributed by atoms with Crippen LogP contribution in [0.2, 0.25) is 5.02 Å². The van der Waals surface area contributed by atoms with Gasteiger partial charge in [-0.2, -0.15) is 4.72 Å². The van der Waals surface area contributed by atoms with Gasteiger partial charge in [0.05, 0.1) is 16.5 Å². The number of carbonyl (C=O) groups excluding carboxylic acids is 2. The molecule has 3 aromatic rings. The Labute approximate surface area is 209 Å². The molecule has 184 valence electrons. The number of benzene rings is 3. The van der Waals surface area contributed by atoms with E-state index in [1.54, 1.807) is 43.3 Å². The molecule has 0 bridgehead atoms. The van der Waals surface area contributed by atoms with E-state index in [0.29, 0.717) is 23.7 Å². The van der Waals surface area contributed by atoms with E-state index in [1.807, 2.05) is 18.2 Å². The van der Waals surface area contributed by atoms with Crippen molar-refractivity contribution in [3.63, 3.8) is 0 Å². The number of hydrogen-bond donors (Lipinski definition) is 3. The highest BCUT2D eigenvalue weighted by molar-refractivity contribution is 7.89. The van der Waals surface area contributed by atoms with E-state index in [0.717, 1.165) is 5.56 Å². The van der Waals surface area contributed by atoms with E-state index in [-0.39, 0.29) is 22.2 Å². The molecule has 0 saturated heterocycles. The first-order valence-corrected chi connectivity index (χ1v) is 12.7. The predicted molar refractivity (Wildman–Crippen MR) is 136 cm³/mol. The number of rotatable bonds is 10. The summed E-state index contributed by atoms with van der Waals surface area (Å²) < 4.78 is 34.2. The van der Waals surface area contributed by atoms with Gasteiger partial charge in [0, 0.05) is 18.3 Å². The van der Waals surface area contributed by atoms with Crippen molar-refractivity contribution in [2.75, 3.05) is 17.2 Å². The summed E-state index contributed by atoms with van der Waals surface area (Å²) in [4.78, 5) is 24.4. The molecule has 0 aliphatic rings. The maximum absolute atomic E-state index is 13.2. The van der Waals surface area contributed by atoms with Crippen molar-refractivity contribution in [3.8, 4) is 5.75 Å². The van der Waals surface area contributed by atoms with Crippen LogP contribution in [0.15, 0.2) is 77.7 Å². The zero-order chi connectivity index (χ0) is 25.4. The Kier molecular flexibility index (Phi) is 8.86. The highest BCUT2D eigenvalue weighted by Crippen LogP contribution is 2.27. The van der Waals surface area contributed by atoms with Crippen LogP contribution < -0.4 is 20.1 Å². The number of anilines is 2. The molecule has 3 N–H and O–H groups in total. The number of ether oxygens (including phenoxy) is 1. The summed E-state index contributed by atoms with van der Waals surface area (Å²) in [5.41, 5.74) is 1.68. The van der Waals surface area contributed by atoms with Crippen LogP contribution in [0.1, 0.15) is 19.4 Å². The minimum absolute atomic E-state index is 0.0931. The second-order valence-electron chi connectivity index (χ2n) is 7.64. The van der Waals surface area contributed by atoms with Crippen molar-refractivity contribution in [1.82, 2.24) is 4.72 Å². The summed E-state index contributed by atoms with van der Waals surface area (Å²) >= 11 is 6.17. The molecule has 1 unspecified atom stereocenters. The zero-order valence-corrected chi connectivity index (χ0v) is 20.8. The van der Waals surface area contributed by atoms with Crippen LogP contribution in [-0.2, 0) is 26.0 Å². The smallest absolute Gasteiger partial charge is 0.242 e. The molecular formula is C25H26ClN3O5S. The molecule has 3 aromatic carbocycles. The minimum Gasteiger partial charge on any atom is -0.492 e. The van der Waals surface area contributed by atoms with Gasteiger partial charge in [-0.05, 0) is 55.3 Å². The van der Waals surface area contributed by atoms with E-state index >= 15 is 0 Å². The lowest BCUT2D eigenvalue weighted by molar-refractivity contribution is -0.117. The van der Waals surface area contributed by atoms with E-state index in [9.17, 15) is 18.0 Å². The molecule has 35 heavy (non-hydrogen) atoms. The van der Waals surface area contributed by atoms with Gasteiger partial charge in [0.1, 0.15) is 11.8 Å². The third kappa shape index (κ3) is 7.54. The standard InChI is InChI=1S/C25H26ClN3O5S/c1-3-34-24-13-12-21(16-22(24)26)35(32,33)29-23(14-18-8-5-4-6-9-18)25(31)28-20-11-7-10-19(15-20)27-17(2)30/h4-13,15-16,23,29H,3,14H2,1-2H3,(H,27,30)(H,28,31). The first-order valence-electron chi connectivity index (χ1n) is 10.8. The highest BCUT2D eigenvalue weighted by Gasteiger charge is 2.27. The van der Waals surface area contributed by atoms with Crippen molar-refractivity contribution in [2.24, 2.45) is 0 Å². The molecule has 0 radical (unpaired) electrons. The molecule has 2 amide bonds. The average molecular weight is 516 g/mol. The Morgan fingerprint density at radius 1 is 0.943 bits per heavy atom. The fraction of sp³-hybridized carbons (Fsp3) is 0.200. The van der Waals surface area contributed by atoms with Crippen molar-refractivity contribution in [2.45, 2.75) is 31.2 Å². The van der Waals surface area contributed by atoms with Gasteiger partial charge in [-0.3, -0.25) is 9.59 Å². The van der Waals surface area contributed by atoms with Gasteiger partial charge >= 0.3 is 0 Å². The van der Waals surface area contributed by atoms with Crippen molar-refractivity contribution in [1.29, 1.82) is 0 Å². The quantitative estimate of drug-likeness (QED) is 0.374. The number of carbonyl (C=O) groups is 2. The second kappa shape index (κ2) is 11.8. The third-order valence-electron chi connectivity index (χ3n) is 4.86. The molecule has 0 aromatic heterocycles. The number of nitrogens with one attached hydrogen (secondary N) is 3. The first kappa shape index (κ1) is 26.2. The van der Waals surface area contributed by atoms with Crippen LogP contribution in [0.4, 0.5) is 11.4 Å². The Morgan fingerprint density at radius 3 is 2.26 bits per heavy atom. The average Bonchev–Trinajstić information content (AvgIpc) is 2.80. The topological polar surface area (TPSA) is 114 Å². The molecule has 0 fully saturated rings. The van der Waals surface area contributed by atoms with Crippen LogP contribution in [0.5, 0.6) is 5.75 Å². The molecule has 0 saturated carbocycles. The Balaban J connectivity index is 1.86. The van der Waals surface area contributed by atoms with Gasteiger partial charge in [-0.25, -0.2) is 8.42 Å². The van der Waals surface area contributed by atoms with Gasteiger partial charge in [-0.15, -0.1) is 0 Å². The fourth-order valence-electron chi connectivity index (χ4n) is 3.32. The van der Waals surface area contributed by atoms with Gasteiger partial charge < -0.3 is 15.4 Å². The van der Waals surface area contributed by atoms with Crippen molar-refractivity contribution in [3.05, 3.63) is 83.4 Å². The number of amides is 2. The van der Waals surface area contributed by atoms with E-state index < -0.39 is 22.0 Å². The van der Waals surface area contributed by atoms with Crippen molar-refractivity contribution < 1.29 is 22.7 Å². The molecule has 1 atom stereocenters. The molecular weight excluding hydrogens is 490 g/mol. The minimum atomic E-state index is -4.10. The number of sulfonamides is 1. The molecule has 10 heteroatoms. The maximum atomic E-state index is 13.2. The molecule has 0 aliphatic heterocycles. The molecule has 0 heterocycles. The van der Waals surface area contributed by atoms with Gasteiger partial charge in [0.15, 0.2) is 0 Å². The van der Waals surface area contributed by atoms with Gasteiger partial charge in [0.25, 0.3) is 0 Å². The Bertz CT molecular complexity index is 1300. The zero-order valence-electron chi connectivity index (χ0n) is 19.2. The van der Waals surface area contributed by atoms with E-state index in [4.69, 9.17) is 16.3 Å². The number of hydrogen-bond acceptors (Lipinski definition) is 5. The normalized spacial score (nSPS) is 12.0. The summed E-state index contributed by atoms with van der Waals surface area (Å²) in [6.45, 7) is 3.55. The molecule has 8 nitrogen and oxygen atoms in total. The second-order valence-corrected chi connectivity index (χ2v) is 9.76. The summed E-state index contributed by atoms with van der Waals surface area (Å²) in [5, 5.41) is 5.51. The van der Waals surface area contributed by atoms with Crippen LogP contribution >= 0.6 is 11.6 Å². The van der Waals surface area contributed by atoms with Gasteiger partial charge in [-0.1, -0.05) is 48.0 Å². The van der Waals surface area contributed by atoms with Crippen LogP contribution in [-0.4, -0.2) is 32.9 Å². The summed E-state index contributed by atoms with van der Waals surface area (Å²) in [5.74, 6) is -0.447. The summed E-state index contributed by atoms with van der Waals surface area (Å²) in [6.07, 6.45) is 0.113. The van der Waals surface area contributed by atoms with E-state index in [1.165, 1.54) is 25.1 Å². The monoisotopic (exact) mass is 515 g/mol. The lowest BCUT2D eigenvalue weighted by Crippen LogP contribution is -2.45.